The van der Waals surface area contributed by atoms with Crippen molar-refractivity contribution >= 4 is 0 Å². The average molecular weight is 240 g/mol. The zero-order valence-electron chi connectivity index (χ0n) is 10.8. The first kappa shape index (κ1) is 13.8. The molecule has 4 heteroatoms. The number of ether oxygens (including phenoxy) is 3. The third-order valence-electron chi connectivity index (χ3n) is 2.38. The lowest BCUT2D eigenvalue weighted by Gasteiger charge is -2.15. The minimum Gasteiger partial charge on any atom is -0.493 e. The largest absolute Gasteiger partial charge is 0.493 e. The third-order valence-corrected chi connectivity index (χ3v) is 2.38. The molecule has 96 valence electrons. The minimum atomic E-state index is -0.655. The molecule has 0 fully saturated rings. The second-order valence-electron chi connectivity index (χ2n) is 4.01. The van der Waals surface area contributed by atoms with E-state index >= 15 is 0 Å². The van der Waals surface area contributed by atoms with Gasteiger partial charge in [-0.1, -0.05) is 6.07 Å². The van der Waals surface area contributed by atoms with Crippen LogP contribution in [0.1, 0.15) is 25.5 Å². The maximum absolute atomic E-state index is 9.93. The molecule has 0 bridgehead atoms. The Morgan fingerprint density at radius 3 is 2.29 bits per heavy atom. The summed E-state index contributed by atoms with van der Waals surface area (Å²) in [6.45, 7) is 4.13. The molecule has 1 aromatic rings. The highest BCUT2D eigenvalue weighted by Gasteiger charge is 2.12. The van der Waals surface area contributed by atoms with Crippen LogP contribution in [-0.4, -0.2) is 32.0 Å². The van der Waals surface area contributed by atoms with Crippen molar-refractivity contribution in [3.8, 4) is 11.5 Å². The summed E-state index contributed by atoms with van der Waals surface area (Å²) in [5, 5.41) is 9.93. The van der Waals surface area contributed by atoms with Gasteiger partial charge in [0.25, 0.3) is 0 Å². The van der Waals surface area contributed by atoms with Crippen molar-refractivity contribution in [3.63, 3.8) is 0 Å². The van der Waals surface area contributed by atoms with E-state index in [1.54, 1.807) is 32.4 Å². The van der Waals surface area contributed by atoms with Gasteiger partial charge in [0.1, 0.15) is 6.10 Å². The molecule has 0 aromatic heterocycles. The van der Waals surface area contributed by atoms with Crippen LogP contribution in [0.5, 0.6) is 11.5 Å². The van der Waals surface area contributed by atoms with Gasteiger partial charge in [-0.25, -0.2) is 0 Å². The summed E-state index contributed by atoms with van der Waals surface area (Å²) in [5.74, 6) is 1.25. The molecule has 0 aliphatic carbocycles. The van der Waals surface area contributed by atoms with Crippen molar-refractivity contribution in [2.75, 3.05) is 20.8 Å². The molecular weight excluding hydrogens is 220 g/mol. The van der Waals surface area contributed by atoms with Crippen molar-refractivity contribution in [1.82, 2.24) is 0 Å². The van der Waals surface area contributed by atoms with E-state index in [2.05, 4.69) is 0 Å². The maximum Gasteiger partial charge on any atom is 0.161 e. The predicted octanol–water partition coefficient (Wildman–Crippen LogP) is 2.16. The lowest BCUT2D eigenvalue weighted by atomic mass is 10.1. The summed E-state index contributed by atoms with van der Waals surface area (Å²) in [5.41, 5.74) is 0.753. The van der Waals surface area contributed by atoms with Gasteiger partial charge in [0, 0.05) is 0 Å². The van der Waals surface area contributed by atoms with Crippen LogP contribution in [0.3, 0.4) is 0 Å². The van der Waals surface area contributed by atoms with Crippen molar-refractivity contribution in [2.24, 2.45) is 0 Å². The molecule has 1 rings (SSSR count). The van der Waals surface area contributed by atoms with Gasteiger partial charge in [-0.05, 0) is 31.5 Å². The normalized spacial score (nSPS) is 12.6. The number of aliphatic hydroxyl groups excluding tert-OH is 1. The smallest absolute Gasteiger partial charge is 0.161 e. The van der Waals surface area contributed by atoms with Crippen LogP contribution in [0.25, 0.3) is 0 Å². The summed E-state index contributed by atoms with van der Waals surface area (Å²) in [6, 6.07) is 5.33. The molecule has 1 atom stereocenters. The molecule has 0 aliphatic heterocycles. The lowest BCUT2D eigenvalue weighted by Crippen LogP contribution is -2.12. The topological polar surface area (TPSA) is 47.9 Å². The fourth-order valence-electron chi connectivity index (χ4n) is 1.44. The fraction of sp³-hybridized carbons (Fsp3) is 0.538. The predicted molar refractivity (Wildman–Crippen MR) is 65.6 cm³/mol. The first-order valence-corrected chi connectivity index (χ1v) is 5.60. The zero-order valence-corrected chi connectivity index (χ0v) is 10.8. The Bertz CT molecular complexity index is 349. The van der Waals surface area contributed by atoms with E-state index in [-0.39, 0.29) is 12.7 Å². The Morgan fingerprint density at radius 2 is 1.76 bits per heavy atom. The molecule has 1 aromatic carbocycles. The van der Waals surface area contributed by atoms with Crippen LogP contribution < -0.4 is 9.47 Å². The summed E-state index contributed by atoms with van der Waals surface area (Å²) >= 11 is 0. The molecule has 0 spiro atoms. The molecular formula is C13H20O4. The van der Waals surface area contributed by atoms with Crippen molar-refractivity contribution in [2.45, 2.75) is 26.1 Å². The summed E-state index contributed by atoms with van der Waals surface area (Å²) in [7, 11) is 3.15. The Labute approximate surface area is 102 Å². The SMILES string of the molecule is COc1ccc(C(O)COC(C)C)cc1OC. The first-order chi connectivity index (χ1) is 8.08. The van der Waals surface area contributed by atoms with Gasteiger partial charge in [-0.3, -0.25) is 0 Å². The number of methoxy groups -OCH3 is 2. The van der Waals surface area contributed by atoms with Gasteiger partial charge >= 0.3 is 0 Å². The molecule has 0 radical (unpaired) electrons. The van der Waals surface area contributed by atoms with Crippen molar-refractivity contribution < 1.29 is 19.3 Å². The van der Waals surface area contributed by atoms with Gasteiger partial charge in [-0.15, -0.1) is 0 Å². The highest BCUT2D eigenvalue weighted by atomic mass is 16.5. The third kappa shape index (κ3) is 3.91. The molecule has 1 unspecified atom stereocenters. The molecule has 0 saturated heterocycles. The first-order valence-electron chi connectivity index (χ1n) is 5.60. The summed E-state index contributed by atoms with van der Waals surface area (Å²) < 4.78 is 15.7. The zero-order chi connectivity index (χ0) is 12.8. The number of rotatable bonds is 6. The monoisotopic (exact) mass is 240 g/mol. The van der Waals surface area contributed by atoms with Crippen molar-refractivity contribution in [3.05, 3.63) is 23.8 Å². The number of hydrogen-bond acceptors (Lipinski definition) is 4. The highest BCUT2D eigenvalue weighted by molar-refractivity contribution is 5.43. The van der Waals surface area contributed by atoms with Gasteiger partial charge in [0.15, 0.2) is 11.5 Å². The molecule has 4 nitrogen and oxygen atoms in total. The molecule has 0 amide bonds. The maximum atomic E-state index is 9.93. The highest BCUT2D eigenvalue weighted by Crippen LogP contribution is 2.30. The van der Waals surface area contributed by atoms with Crippen LogP contribution in [-0.2, 0) is 4.74 Å². The molecule has 0 heterocycles. The van der Waals surface area contributed by atoms with Gasteiger partial charge in [-0.2, -0.15) is 0 Å². The Kier molecular flexibility index (Phi) is 5.25. The van der Waals surface area contributed by atoms with E-state index in [9.17, 15) is 5.11 Å². The number of hydrogen-bond donors (Lipinski definition) is 1. The van der Waals surface area contributed by atoms with Crippen molar-refractivity contribution in [1.29, 1.82) is 0 Å². The van der Waals surface area contributed by atoms with Crippen LogP contribution in [0, 0.1) is 0 Å². The second kappa shape index (κ2) is 6.47. The van der Waals surface area contributed by atoms with E-state index in [4.69, 9.17) is 14.2 Å². The molecule has 0 saturated carbocycles. The van der Waals surface area contributed by atoms with Gasteiger partial charge in [0.2, 0.25) is 0 Å². The lowest BCUT2D eigenvalue weighted by molar-refractivity contribution is 0.00484. The molecule has 0 aliphatic rings. The Balaban J connectivity index is 2.77. The van der Waals surface area contributed by atoms with Gasteiger partial charge < -0.3 is 19.3 Å². The van der Waals surface area contributed by atoms with Crippen LogP contribution in [0.4, 0.5) is 0 Å². The Morgan fingerprint density at radius 1 is 1.12 bits per heavy atom. The van der Waals surface area contributed by atoms with E-state index in [0.29, 0.717) is 11.5 Å². The van der Waals surface area contributed by atoms with E-state index < -0.39 is 6.10 Å². The quantitative estimate of drug-likeness (QED) is 0.827. The number of aliphatic hydroxyl groups is 1. The average Bonchev–Trinajstić information content (AvgIpc) is 2.34. The van der Waals surface area contributed by atoms with Crippen LogP contribution >= 0.6 is 0 Å². The molecule has 17 heavy (non-hydrogen) atoms. The van der Waals surface area contributed by atoms with E-state index in [1.807, 2.05) is 13.8 Å². The second-order valence-corrected chi connectivity index (χ2v) is 4.01. The van der Waals surface area contributed by atoms with Crippen LogP contribution in [0.2, 0.25) is 0 Å². The number of benzene rings is 1. The van der Waals surface area contributed by atoms with E-state index in [0.717, 1.165) is 5.56 Å². The van der Waals surface area contributed by atoms with E-state index in [1.165, 1.54) is 0 Å². The minimum absolute atomic E-state index is 0.102. The summed E-state index contributed by atoms with van der Waals surface area (Å²) in [4.78, 5) is 0. The Hall–Kier alpha value is -1.26. The summed E-state index contributed by atoms with van der Waals surface area (Å²) in [6.07, 6.45) is -0.554. The van der Waals surface area contributed by atoms with Crippen LogP contribution in [0.15, 0.2) is 18.2 Å². The fourth-order valence-corrected chi connectivity index (χ4v) is 1.44. The standard InChI is InChI=1S/C13H20O4/c1-9(2)17-8-11(14)10-5-6-12(15-3)13(7-10)16-4/h5-7,9,11,14H,8H2,1-4H3. The molecule has 1 N–H and O–H groups in total. The van der Waals surface area contributed by atoms with Gasteiger partial charge in [0.05, 0.1) is 26.9 Å².